The second kappa shape index (κ2) is 6.11. The van der Waals surface area contributed by atoms with Crippen LogP contribution in [0.2, 0.25) is 0 Å². The van der Waals surface area contributed by atoms with Gasteiger partial charge in [0, 0.05) is 6.54 Å². The Kier molecular flexibility index (Phi) is 4.21. The molecular formula is C14H17N3O2S2. The van der Waals surface area contributed by atoms with Gasteiger partial charge in [-0.2, -0.15) is 0 Å². The number of hydrogen-bond donors (Lipinski definition) is 1. The van der Waals surface area contributed by atoms with Gasteiger partial charge in [-0.3, -0.25) is 4.98 Å². The predicted molar refractivity (Wildman–Crippen MR) is 85.3 cm³/mol. The van der Waals surface area contributed by atoms with Gasteiger partial charge in [0.1, 0.15) is 11.5 Å². The minimum absolute atomic E-state index is 0.306. The summed E-state index contributed by atoms with van der Waals surface area (Å²) in [6.45, 7) is 0.408. The molecule has 2 aromatic rings. The normalized spacial score (nSPS) is 21.0. The zero-order valence-electron chi connectivity index (χ0n) is 11.5. The Morgan fingerprint density at radius 3 is 3.00 bits per heavy atom. The van der Waals surface area contributed by atoms with E-state index in [0.717, 1.165) is 29.8 Å². The third-order valence-electron chi connectivity index (χ3n) is 3.63. The highest BCUT2D eigenvalue weighted by Crippen LogP contribution is 2.23. The zero-order chi connectivity index (χ0) is 14.7. The van der Waals surface area contributed by atoms with Gasteiger partial charge < -0.3 is 5.32 Å². The quantitative estimate of drug-likeness (QED) is 0.936. The van der Waals surface area contributed by atoms with Gasteiger partial charge in [-0.05, 0) is 24.3 Å². The summed E-state index contributed by atoms with van der Waals surface area (Å²) in [6.07, 6.45) is 5.84. The molecular weight excluding hydrogens is 306 g/mol. The molecule has 3 heterocycles. The van der Waals surface area contributed by atoms with Gasteiger partial charge in [-0.15, -0.1) is 11.3 Å². The second-order valence-electron chi connectivity index (χ2n) is 5.13. The number of sulfone groups is 1. The summed E-state index contributed by atoms with van der Waals surface area (Å²) in [7, 11) is -2.96. The van der Waals surface area contributed by atoms with Crippen molar-refractivity contribution in [2.45, 2.75) is 24.5 Å². The van der Waals surface area contributed by atoms with Crippen LogP contribution in [-0.2, 0) is 9.84 Å². The minimum atomic E-state index is -2.96. The van der Waals surface area contributed by atoms with Crippen LogP contribution in [0.5, 0.6) is 0 Å². The van der Waals surface area contributed by atoms with E-state index in [1.165, 1.54) is 0 Å². The molecule has 0 saturated carbocycles. The molecule has 1 saturated heterocycles. The standard InChI is InChI=1S/C14H17N3O2S2/c18-21(19)7-2-1-4-11(21)8-16-14-10-15-9-12(17-14)13-5-3-6-20-13/h3,5-6,9-11H,1-2,4,7-8H2,(H,16,17). The van der Waals surface area contributed by atoms with Gasteiger partial charge in [0.05, 0.1) is 28.3 Å². The third kappa shape index (κ3) is 3.41. The van der Waals surface area contributed by atoms with Crippen molar-refractivity contribution in [2.75, 3.05) is 17.6 Å². The first-order valence-electron chi connectivity index (χ1n) is 6.96. The molecule has 112 valence electrons. The molecule has 1 N–H and O–H groups in total. The number of nitrogens with one attached hydrogen (secondary N) is 1. The van der Waals surface area contributed by atoms with Crippen LogP contribution in [-0.4, -0.2) is 35.9 Å². The minimum Gasteiger partial charge on any atom is -0.367 e. The second-order valence-corrected chi connectivity index (χ2v) is 8.48. The van der Waals surface area contributed by atoms with E-state index < -0.39 is 9.84 Å². The zero-order valence-corrected chi connectivity index (χ0v) is 13.2. The van der Waals surface area contributed by atoms with Crippen LogP contribution in [0.25, 0.3) is 10.6 Å². The van der Waals surface area contributed by atoms with Crippen LogP contribution in [0.15, 0.2) is 29.9 Å². The van der Waals surface area contributed by atoms with Gasteiger partial charge in [0.15, 0.2) is 9.84 Å². The van der Waals surface area contributed by atoms with Crippen LogP contribution in [0.4, 0.5) is 5.82 Å². The fraction of sp³-hybridized carbons (Fsp3) is 0.429. The van der Waals surface area contributed by atoms with E-state index in [1.807, 2.05) is 17.5 Å². The molecule has 7 heteroatoms. The molecule has 1 atom stereocenters. The molecule has 0 radical (unpaired) electrons. The SMILES string of the molecule is O=S1(=O)CCCCC1CNc1cncc(-c2cccs2)n1. The Balaban J connectivity index is 1.70. The molecule has 5 nitrogen and oxygen atoms in total. The van der Waals surface area contributed by atoms with Crippen LogP contribution in [0.3, 0.4) is 0 Å². The van der Waals surface area contributed by atoms with Crippen molar-refractivity contribution < 1.29 is 8.42 Å². The maximum atomic E-state index is 12.0. The third-order valence-corrected chi connectivity index (χ3v) is 6.80. The molecule has 3 rings (SSSR count). The van der Waals surface area contributed by atoms with Crippen molar-refractivity contribution in [3.8, 4) is 10.6 Å². The monoisotopic (exact) mass is 323 g/mol. The van der Waals surface area contributed by atoms with Crippen molar-refractivity contribution in [3.63, 3.8) is 0 Å². The lowest BCUT2D eigenvalue weighted by Crippen LogP contribution is -2.34. The van der Waals surface area contributed by atoms with Crippen LogP contribution >= 0.6 is 11.3 Å². The first-order valence-corrected chi connectivity index (χ1v) is 9.56. The molecule has 0 aromatic carbocycles. The molecule has 0 aliphatic carbocycles. The van der Waals surface area contributed by atoms with E-state index >= 15 is 0 Å². The number of rotatable bonds is 4. The van der Waals surface area contributed by atoms with Gasteiger partial charge in [-0.1, -0.05) is 12.5 Å². The Morgan fingerprint density at radius 2 is 2.24 bits per heavy atom. The Morgan fingerprint density at radius 1 is 1.33 bits per heavy atom. The highest BCUT2D eigenvalue weighted by atomic mass is 32.2. The van der Waals surface area contributed by atoms with Crippen molar-refractivity contribution in [1.82, 2.24) is 9.97 Å². The van der Waals surface area contributed by atoms with Gasteiger partial charge in [0.25, 0.3) is 0 Å². The molecule has 21 heavy (non-hydrogen) atoms. The molecule has 0 spiro atoms. The van der Waals surface area contributed by atoms with Gasteiger partial charge in [0.2, 0.25) is 0 Å². The van der Waals surface area contributed by atoms with Crippen LogP contribution in [0.1, 0.15) is 19.3 Å². The average Bonchev–Trinajstić information content (AvgIpc) is 3.00. The van der Waals surface area contributed by atoms with Crippen molar-refractivity contribution >= 4 is 27.0 Å². The lowest BCUT2D eigenvalue weighted by Gasteiger charge is -2.22. The number of hydrogen-bond acceptors (Lipinski definition) is 6. The molecule has 1 fully saturated rings. The van der Waals surface area contributed by atoms with Crippen molar-refractivity contribution in [3.05, 3.63) is 29.9 Å². The van der Waals surface area contributed by atoms with Gasteiger partial charge in [-0.25, -0.2) is 13.4 Å². The molecule has 0 amide bonds. The topological polar surface area (TPSA) is 72.0 Å². The summed E-state index contributed by atoms with van der Waals surface area (Å²) in [4.78, 5) is 9.71. The van der Waals surface area contributed by atoms with Crippen molar-refractivity contribution in [1.29, 1.82) is 0 Å². The summed E-state index contributed by atoms with van der Waals surface area (Å²) in [5.74, 6) is 0.932. The number of aromatic nitrogens is 2. The van der Waals surface area contributed by atoms with Crippen LogP contribution in [0, 0.1) is 0 Å². The van der Waals surface area contributed by atoms with Crippen molar-refractivity contribution in [2.24, 2.45) is 0 Å². The Hall–Kier alpha value is -1.47. The molecule has 0 bridgehead atoms. The predicted octanol–water partition coefficient (Wildman–Crippen LogP) is 2.58. The van der Waals surface area contributed by atoms with E-state index in [9.17, 15) is 8.42 Å². The highest BCUT2D eigenvalue weighted by molar-refractivity contribution is 7.92. The highest BCUT2D eigenvalue weighted by Gasteiger charge is 2.28. The Labute approximate surface area is 128 Å². The maximum absolute atomic E-state index is 12.0. The van der Waals surface area contributed by atoms with Crippen LogP contribution < -0.4 is 5.32 Å². The fourth-order valence-corrected chi connectivity index (χ4v) is 4.95. The Bertz CT molecular complexity index is 699. The summed E-state index contributed by atoms with van der Waals surface area (Å²) in [5, 5.41) is 4.81. The number of nitrogens with zero attached hydrogens (tertiary/aromatic N) is 2. The summed E-state index contributed by atoms with van der Waals surface area (Å²) in [5.41, 5.74) is 0.807. The molecule has 2 aromatic heterocycles. The summed E-state index contributed by atoms with van der Waals surface area (Å²) < 4.78 is 24.0. The molecule has 1 aliphatic rings. The number of anilines is 1. The van der Waals surface area contributed by atoms with E-state index in [-0.39, 0.29) is 5.25 Å². The lowest BCUT2D eigenvalue weighted by molar-refractivity contribution is 0.544. The van der Waals surface area contributed by atoms with E-state index in [1.54, 1.807) is 23.7 Å². The smallest absolute Gasteiger partial charge is 0.154 e. The molecule has 1 unspecified atom stereocenters. The van der Waals surface area contributed by atoms with Gasteiger partial charge >= 0.3 is 0 Å². The maximum Gasteiger partial charge on any atom is 0.154 e. The molecule has 1 aliphatic heterocycles. The first kappa shape index (κ1) is 14.5. The number of thiophene rings is 1. The van der Waals surface area contributed by atoms with E-state index in [4.69, 9.17) is 0 Å². The van der Waals surface area contributed by atoms with E-state index in [0.29, 0.717) is 18.1 Å². The van der Waals surface area contributed by atoms with E-state index in [2.05, 4.69) is 15.3 Å². The summed E-state index contributed by atoms with van der Waals surface area (Å²) in [6, 6.07) is 3.96. The largest absolute Gasteiger partial charge is 0.367 e. The first-order chi connectivity index (χ1) is 10.1. The fourth-order valence-electron chi connectivity index (χ4n) is 2.46. The summed E-state index contributed by atoms with van der Waals surface area (Å²) >= 11 is 1.60. The lowest BCUT2D eigenvalue weighted by atomic mass is 10.2. The average molecular weight is 323 g/mol.